The molecule has 100 valence electrons. The number of hydrogen-bond acceptors (Lipinski definition) is 5. The first-order chi connectivity index (χ1) is 8.88. The molecule has 1 aliphatic rings. The Morgan fingerprint density at radius 3 is 3.17 bits per heavy atom. The fourth-order valence-electron chi connectivity index (χ4n) is 2.06. The lowest BCUT2D eigenvalue weighted by molar-refractivity contribution is 0.0134. The van der Waals surface area contributed by atoms with Crippen LogP contribution in [-0.2, 0) is 4.74 Å². The summed E-state index contributed by atoms with van der Waals surface area (Å²) in [6.07, 6.45) is 6.60. The van der Waals surface area contributed by atoms with Gasteiger partial charge in [0.05, 0.1) is 12.7 Å². The zero-order valence-electron chi connectivity index (χ0n) is 10.9. The smallest absolute Gasteiger partial charge is 0.218 e. The summed E-state index contributed by atoms with van der Waals surface area (Å²) in [7, 11) is 0. The molecule has 0 saturated carbocycles. The van der Waals surface area contributed by atoms with Crippen LogP contribution in [0.25, 0.3) is 0 Å². The second kappa shape index (κ2) is 7.16. The molecule has 2 rings (SSSR count). The molecule has 1 N–H and O–H groups in total. The van der Waals surface area contributed by atoms with E-state index in [9.17, 15) is 0 Å². The standard InChI is InChI=1S/C13H21N3O2/c1-2-17-13-9-12(15-10-16-13)14-7-6-11-5-3-4-8-18-11/h9-11H,2-8H2,1H3,(H,14,15,16). The van der Waals surface area contributed by atoms with Crippen molar-refractivity contribution in [2.24, 2.45) is 0 Å². The van der Waals surface area contributed by atoms with Crippen LogP contribution in [0.2, 0.25) is 0 Å². The maximum atomic E-state index is 5.68. The average molecular weight is 251 g/mol. The molecule has 1 aromatic rings. The van der Waals surface area contributed by atoms with Crippen molar-refractivity contribution in [3.05, 3.63) is 12.4 Å². The zero-order valence-corrected chi connectivity index (χ0v) is 10.9. The molecule has 0 radical (unpaired) electrons. The monoisotopic (exact) mass is 251 g/mol. The Balaban J connectivity index is 1.73. The first-order valence-electron chi connectivity index (χ1n) is 6.69. The van der Waals surface area contributed by atoms with Gasteiger partial charge in [0.1, 0.15) is 12.1 Å². The normalized spacial score (nSPS) is 19.5. The average Bonchev–Trinajstić information content (AvgIpc) is 2.41. The molecule has 1 aliphatic heterocycles. The Labute approximate surface area is 108 Å². The van der Waals surface area contributed by atoms with E-state index in [4.69, 9.17) is 9.47 Å². The van der Waals surface area contributed by atoms with Crippen LogP contribution in [0.4, 0.5) is 5.82 Å². The molecule has 1 saturated heterocycles. The zero-order chi connectivity index (χ0) is 12.6. The molecular formula is C13H21N3O2. The minimum absolute atomic E-state index is 0.402. The molecule has 0 aliphatic carbocycles. The SMILES string of the molecule is CCOc1cc(NCCC2CCCCO2)ncn1. The van der Waals surface area contributed by atoms with Gasteiger partial charge in [-0.3, -0.25) is 0 Å². The second-order valence-corrected chi connectivity index (χ2v) is 4.38. The predicted octanol–water partition coefficient (Wildman–Crippen LogP) is 2.25. The largest absolute Gasteiger partial charge is 0.478 e. The van der Waals surface area contributed by atoms with Gasteiger partial charge in [-0.1, -0.05) is 0 Å². The molecule has 0 aromatic carbocycles. The summed E-state index contributed by atoms with van der Waals surface area (Å²) in [5.41, 5.74) is 0. The van der Waals surface area contributed by atoms with Crippen molar-refractivity contribution >= 4 is 5.82 Å². The van der Waals surface area contributed by atoms with E-state index in [0.717, 1.165) is 25.4 Å². The second-order valence-electron chi connectivity index (χ2n) is 4.38. The number of hydrogen-bond donors (Lipinski definition) is 1. The maximum absolute atomic E-state index is 5.68. The van der Waals surface area contributed by atoms with Gasteiger partial charge in [0.2, 0.25) is 5.88 Å². The van der Waals surface area contributed by atoms with Crippen molar-refractivity contribution in [3.8, 4) is 5.88 Å². The number of anilines is 1. The molecule has 1 unspecified atom stereocenters. The third kappa shape index (κ3) is 4.14. The van der Waals surface area contributed by atoms with Gasteiger partial charge in [0.15, 0.2) is 0 Å². The van der Waals surface area contributed by atoms with E-state index < -0.39 is 0 Å². The van der Waals surface area contributed by atoms with Gasteiger partial charge in [-0.2, -0.15) is 0 Å². The lowest BCUT2D eigenvalue weighted by Crippen LogP contribution is -2.22. The Morgan fingerprint density at radius 1 is 1.44 bits per heavy atom. The van der Waals surface area contributed by atoms with Crippen molar-refractivity contribution in [1.82, 2.24) is 9.97 Å². The van der Waals surface area contributed by atoms with E-state index >= 15 is 0 Å². The van der Waals surface area contributed by atoms with Gasteiger partial charge >= 0.3 is 0 Å². The van der Waals surface area contributed by atoms with Gasteiger partial charge in [-0.15, -0.1) is 0 Å². The van der Waals surface area contributed by atoms with Crippen molar-refractivity contribution in [1.29, 1.82) is 0 Å². The van der Waals surface area contributed by atoms with Crippen molar-refractivity contribution in [3.63, 3.8) is 0 Å². The molecule has 0 bridgehead atoms. The summed E-state index contributed by atoms with van der Waals surface area (Å²) < 4.78 is 11.0. The van der Waals surface area contributed by atoms with Crippen molar-refractivity contribution in [2.45, 2.75) is 38.7 Å². The van der Waals surface area contributed by atoms with Crippen LogP contribution in [-0.4, -0.2) is 35.8 Å². The van der Waals surface area contributed by atoms with Crippen molar-refractivity contribution in [2.75, 3.05) is 25.1 Å². The van der Waals surface area contributed by atoms with E-state index in [1.807, 2.05) is 13.0 Å². The molecule has 1 aromatic heterocycles. The molecular weight excluding hydrogens is 230 g/mol. The van der Waals surface area contributed by atoms with Gasteiger partial charge in [0.25, 0.3) is 0 Å². The molecule has 18 heavy (non-hydrogen) atoms. The van der Waals surface area contributed by atoms with Crippen LogP contribution in [0.5, 0.6) is 5.88 Å². The topological polar surface area (TPSA) is 56.3 Å². The molecule has 2 heterocycles. The molecule has 5 nitrogen and oxygen atoms in total. The number of nitrogens with one attached hydrogen (secondary N) is 1. The van der Waals surface area contributed by atoms with Crippen LogP contribution < -0.4 is 10.1 Å². The lowest BCUT2D eigenvalue weighted by atomic mass is 10.1. The Kier molecular flexibility index (Phi) is 5.20. The van der Waals surface area contributed by atoms with E-state index in [0.29, 0.717) is 18.6 Å². The number of ether oxygens (including phenoxy) is 2. The van der Waals surface area contributed by atoms with E-state index in [2.05, 4.69) is 15.3 Å². The van der Waals surface area contributed by atoms with Crippen LogP contribution in [0.1, 0.15) is 32.6 Å². The summed E-state index contributed by atoms with van der Waals surface area (Å²) in [5.74, 6) is 1.42. The van der Waals surface area contributed by atoms with Crippen LogP contribution >= 0.6 is 0 Å². The highest BCUT2D eigenvalue weighted by Crippen LogP contribution is 2.16. The van der Waals surface area contributed by atoms with Crippen LogP contribution in [0.3, 0.4) is 0 Å². The van der Waals surface area contributed by atoms with E-state index in [-0.39, 0.29) is 0 Å². The fourth-order valence-corrected chi connectivity index (χ4v) is 2.06. The van der Waals surface area contributed by atoms with Gasteiger partial charge in [0, 0.05) is 19.2 Å². The minimum Gasteiger partial charge on any atom is -0.478 e. The fraction of sp³-hybridized carbons (Fsp3) is 0.692. The van der Waals surface area contributed by atoms with E-state index in [1.54, 1.807) is 0 Å². The molecule has 1 fully saturated rings. The van der Waals surface area contributed by atoms with Gasteiger partial charge in [-0.25, -0.2) is 9.97 Å². The molecule has 5 heteroatoms. The highest BCUT2D eigenvalue weighted by atomic mass is 16.5. The molecule has 1 atom stereocenters. The number of nitrogens with zero attached hydrogens (tertiary/aromatic N) is 2. The van der Waals surface area contributed by atoms with Gasteiger partial charge in [-0.05, 0) is 32.6 Å². The highest BCUT2D eigenvalue weighted by Gasteiger charge is 2.13. The first-order valence-corrected chi connectivity index (χ1v) is 6.69. The van der Waals surface area contributed by atoms with Gasteiger partial charge < -0.3 is 14.8 Å². The first kappa shape index (κ1) is 13.1. The van der Waals surface area contributed by atoms with Crippen LogP contribution in [0, 0.1) is 0 Å². The minimum atomic E-state index is 0.402. The quantitative estimate of drug-likeness (QED) is 0.840. The third-order valence-corrected chi connectivity index (χ3v) is 2.98. The predicted molar refractivity (Wildman–Crippen MR) is 69.9 cm³/mol. The van der Waals surface area contributed by atoms with Crippen LogP contribution in [0.15, 0.2) is 12.4 Å². The summed E-state index contributed by atoms with van der Waals surface area (Å²) in [5, 5.41) is 3.28. The summed E-state index contributed by atoms with van der Waals surface area (Å²) in [6.45, 7) is 4.34. The number of rotatable bonds is 6. The van der Waals surface area contributed by atoms with E-state index in [1.165, 1.54) is 25.6 Å². The lowest BCUT2D eigenvalue weighted by Gasteiger charge is -2.22. The molecule has 0 amide bonds. The summed E-state index contributed by atoms with van der Waals surface area (Å²) >= 11 is 0. The highest BCUT2D eigenvalue weighted by molar-refractivity contribution is 5.36. The molecule has 0 spiro atoms. The number of aromatic nitrogens is 2. The maximum Gasteiger partial charge on any atom is 0.218 e. The summed E-state index contributed by atoms with van der Waals surface area (Å²) in [4.78, 5) is 8.19. The van der Waals surface area contributed by atoms with Crippen molar-refractivity contribution < 1.29 is 9.47 Å². The Bertz CT molecular complexity index is 354. The Morgan fingerprint density at radius 2 is 2.39 bits per heavy atom. The summed E-state index contributed by atoms with van der Waals surface area (Å²) in [6, 6.07) is 1.82. The third-order valence-electron chi connectivity index (χ3n) is 2.98. The Hall–Kier alpha value is -1.36.